The van der Waals surface area contributed by atoms with Gasteiger partial charge in [0.25, 0.3) is 0 Å². The number of benzene rings is 1. The molecule has 1 aromatic carbocycles. The fraction of sp³-hybridized carbons (Fsp3) is 0.400. The molecular formula is C20H24N2O6. The molecule has 2 heterocycles. The lowest BCUT2D eigenvalue weighted by atomic mass is 10.1. The van der Waals surface area contributed by atoms with E-state index in [1.165, 1.54) is 25.4 Å². The first-order chi connectivity index (χ1) is 13.5. The number of nitrogens with zero attached hydrogens (tertiary/aromatic N) is 1. The Kier molecular flexibility index (Phi) is 6.20. The second-order valence-corrected chi connectivity index (χ2v) is 6.58. The zero-order valence-corrected chi connectivity index (χ0v) is 15.9. The number of methoxy groups -OCH3 is 2. The number of ether oxygens (including phenoxy) is 2. The number of furan rings is 1. The molecule has 8 nitrogen and oxygen atoms in total. The summed E-state index contributed by atoms with van der Waals surface area (Å²) in [4.78, 5) is 26.7. The zero-order chi connectivity index (χ0) is 20.1. The number of hydrogen-bond acceptors (Lipinski definition) is 6. The Bertz CT molecular complexity index is 820. The Balaban J connectivity index is 1.66. The Morgan fingerprint density at radius 1 is 1.32 bits per heavy atom. The molecule has 0 saturated carbocycles. The lowest BCUT2D eigenvalue weighted by molar-refractivity contribution is -0.144. The maximum absolute atomic E-state index is 12.7. The molecule has 1 fully saturated rings. The third-order valence-corrected chi connectivity index (χ3v) is 4.86. The predicted molar refractivity (Wildman–Crippen MR) is 101 cm³/mol. The zero-order valence-electron chi connectivity index (χ0n) is 15.9. The van der Waals surface area contributed by atoms with Crippen molar-refractivity contribution in [2.45, 2.75) is 31.4 Å². The number of anilines is 1. The number of nitrogens with one attached hydrogen (secondary N) is 1. The molecule has 1 aromatic heterocycles. The van der Waals surface area contributed by atoms with Gasteiger partial charge in [-0.25, -0.2) is 0 Å². The van der Waals surface area contributed by atoms with Crippen LogP contribution in [-0.4, -0.2) is 48.6 Å². The van der Waals surface area contributed by atoms with Crippen LogP contribution in [0.1, 0.15) is 31.1 Å². The Morgan fingerprint density at radius 3 is 2.82 bits per heavy atom. The van der Waals surface area contributed by atoms with Crippen molar-refractivity contribution in [2.24, 2.45) is 0 Å². The van der Waals surface area contributed by atoms with Crippen LogP contribution in [0.25, 0.3) is 0 Å². The summed E-state index contributed by atoms with van der Waals surface area (Å²) in [7, 11) is 3.00. The Morgan fingerprint density at radius 2 is 2.14 bits per heavy atom. The van der Waals surface area contributed by atoms with E-state index in [-0.39, 0.29) is 6.04 Å². The first-order valence-electron chi connectivity index (χ1n) is 9.09. The monoisotopic (exact) mass is 388 g/mol. The van der Waals surface area contributed by atoms with Crippen molar-refractivity contribution in [2.75, 3.05) is 26.1 Å². The Hall–Kier alpha value is -3.00. The fourth-order valence-electron chi connectivity index (χ4n) is 3.41. The minimum atomic E-state index is -0.821. The standard InChI is InChI=1S/C20H24N2O6/c1-26-14-7-8-15(18(12-14)27-2)21-19(24)20(25)22-9-3-5-13(22)11-16(23)17-6-4-10-28-17/h4,6-8,10,12-13,16,23H,3,5,9,11H2,1-2H3,(H,21,24)/t13-,16-/m1/s1. The molecule has 1 aliphatic rings. The van der Waals surface area contributed by atoms with Crippen molar-refractivity contribution in [3.8, 4) is 11.5 Å². The van der Waals surface area contributed by atoms with Crippen LogP contribution in [0.5, 0.6) is 11.5 Å². The number of aliphatic hydroxyl groups is 1. The van der Waals surface area contributed by atoms with Gasteiger partial charge in [0.1, 0.15) is 23.4 Å². The average Bonchev–Trinajstić information content (AvgIpc) is 3.39. The lowest BCUT2D eigenvalue weighted by Gasteiger charge is -2.25. The van der Waals surface area contributed by atoms with Crippen LogP contribution in [0.4, 0.5) is 5.69 Å². The van der Waals surface area contributed by atoms with E-state index < -0.39 is 17.9 Å². The van der Waals surface area contributed by atoms with Gasteiger partial charge in [-0.2, -0.15) is 0 Å². The van der Waals surface area contributed by atoms with Crippen LogP contribution in [-0.2, 0) is 9.59 Å². The van der Waals surface area contributed by atoms with E-state index in [0.29, 0.717) is 35.9 Å². The van der Waals surface area contributed by atoms with Gasteiger partial charge in [0.15, 0.2) is 0 Å². The van der Waals surface area contributed by atoms with Gasteiger partial charge in [-0.05, 0) is 37.1 Å². The molecule has 150 valence electrons. The summed E-state index contributed by atoms with van der Waals surface area (Å²) in [6.45, 7) is 0.474. The van der Waals surface area contributed by atoms with Crippen molar-refractivity contribution in [3.63, 3.8) is 0 Å². The van der Waals surface area contributed by atoms with Gasteiger partial charge in [-0.3, -0.25) is 9.59 Å². The number of aliphatic hydroxyl groups excluding tert-OH is 1. The first kappa shape index (κ1) is 19.8. The molecule has 2 amide bonds. The van der Waals surface area contributed by atoms with Gasteiger partial charge >= 0.3 is 11.8 Å². The summed E-state index contributed by atoms with van der Waals surface area (Å²) in [6.07, 6.45) is 2.49. The highest BCUT2D eigenvalue weighted by molar-refractivity contribution is 6.39. The average molecular weight is 388 g/mol. The van der Waals surface area contributed by atoms with Crippen LogP contribution in [0, 0.1) is 0 Å². The summed E-state index contributed by atoms with van der Waals surface area (Å²) in [5.74, 6) is 0.0426. The second kappa shape index (κ2) is 8.79. The van der Waals surface area contributed by atoms with Crippen molar-refractivity contribution < 1.29 is 28.6 Å². The van der Waals surface area contributed by atoms with Gasteiger partial charge in [0.2, 0.25) is 0 Å². The van der Waals surface area contributed by atoms with Gasteiger partial charge in [0, 0.05) is 25.1 Å². The molecule has 1 saturated heterocycles. The number of amides is 2. The van der Waals surface area contributed by atoms with Gasteiger partial charge in [-0.1, -0.05) is 0 Å². The number of rotatable bonds is 6. The van der Waals surface area contributed by atoms with Crippen LogP contribution < -0.4 is 14.8 Å². The minimum absolute atomic E-state index is 0.226. The number of carbonyl (C=O) groups is 2. The molecular weight excluding hydrogens is 364 g/mol. The van der Waals surface area contributed by atoms with E-state index in [4.69, 9.17) is 13.9 Å². The van der Waals surface area contributed by atoms with Crippen molar-refractivity contribution in [1.82, 2.24) is 4.90 Å². The van der Waals surface area contributed by atoms with Crippen molar-refractivity contribution >= 4 is 17.5 Å². The lowest BCUT2D eigenvalue weighted by Crippen LogP contribution is -2.43. The molecule has 2 aromatic rings. The second-order valence-electron chi connectivity index (χ2n) is 6.58. The minimum Gasteiger partial charge on any atom is -0.497 e. The Labute approximate surface area is 163 Å². The smallest absolute Gasteiger partial charge is 0.314 e. The summed E-state index contributed by atoms with van der Waals surface area (Å²) in [6, 6.07) is 8.07. The summed E-state index contributed by atoms with van der Waals surface area (Å²) < 4.78 is 15.6. The predicted octanol–water partition coefficient (Wildman–Crippen LogP) is 2.35. The molecule has 0 radical (unpaired) electrons. The third-order valence-electron chi connectivity index (χ3n) is 4.86. The quantitative estimate of drug-likeness (QED) is 0.737. The maximum atomic E-state index is 12.7. The molecule has 0 unspecified atom stereocenters. The first-order valence-corrected chi connectivity index (χ1v) is 9.09. The summed E-state index contributed by atoms with van der Waals surface area (Å²) in [5.41, 5.74) is 0.382. The largest absolute Gasteiger partial charge is 0.497 e. The van der Waals surface area contributed by atoms with E-state index in [2.05, 4.69) is 5.32 Å². The van der Waals surface area contributed by atoms with Crippen molar-refractivity contribution in [1.29, 1.82) is 0 Å². The molecule has 2 atom stereocenters. The van der Waals surface area contributed by atoms with E-state index in [1.807, 2.05) is 0 Å². The van der Waals surface area contributed by atoms with Gasteiger partial charge in [-0.15, -0.1) is 0 Å². The molecule has 28 heavy (non-hydrogen) atoms. The van der Waals surface area contributed by atoms with Crippen LogP contribution in [0.15, 0.2) is 41.0 Å². The van der Waals surface area contributed by atoms with Crippen LogP contribution in [0.3, 0.4) is 0 Å². The molecule has 8 heteroatoms. The highest BCUT2D eigenvalue weighted by Gasteiger charge is 2.34. The third kappa shape index (κ3) is 4.28. The van der Waals surface area contributed by atoms with Crippen LogP contribution >= 0.6 is 0 Å². The van der Waals surface area contributed by atoms with Gasteiger partial charge < -0.3 is 29.2 Å². The molecule has 0 aliphatic carbocycles. The highest BCUT2D eigenvalue weighted by atomic mass is 16.5. The van der Waals surface area contributed by atoms with E-state index >= 15 is 0 Å². The maximum Gasteiger partial charge on any atom is 0.314 e. The topological polar surface area (TPSA) is 101 Å². The number of likely N-dealkylation sites (tertiary alicyclic amines) is 1. The number of carbonyl (C=O) groups excluding carboxylic acids is 2. The van der Waals surface area contributed by atoms with Crippen LogP contribution in [0.2, 0.25) is 0 Å². The number of hydrogen-bond donors (Lipinski definition) is 2. The molecule has 1 aliphatic heterocycles. The highest BCUT2D eigenvalue weighted by Crippen LogP contribution is 2.30. The normalized spacial score (nSPS) is 17.2. The van der Waals surface area contributed by atoms with E-state index in [0.717, 1.165) is 12.8 Å². The van der Waals surface area contributed by atoms with E-state index in [9.17, 15) is 14.7 Å². The fourth-order valence-corrected chi connectivity index (χ4v) is 3.41. The van der Waals surface area contributed by atoms with Gasteiger partial charge in [0.05, 0.1) is 26.2 Å². The van der Waals surface area contributed by atoms with E-state index in [1.54, 1.807) is 30.3 Å². The SMILES string of the molecule is COc1ccc(NC(=O)C(=O)N2CCC[C@@H]2C[C@@H](O)c2ccco2)c(OC)c1. The molecule has 2 N–H and O–H groups in total. The van der Waals surface area contributed by atoms with Crippen molar-refractivity contribution in [3.05, 3.63) is 42.4 Å². The summed E-state index contributed by atoms with van der Waals surface area (Å²) >= 11 is 0. The summed E-state index contributed by atoms with van der Waals surface area (Å²) in [5, 5.41) is 12.9. The molecule has 0 bridgehead atoms. The molecule has 0 spiro atoms. The molecule has 3 rings (SSSR count).